The van der Waals surface area contributed by atoms with E-state index in [-0.39, 0.29) is 11.3 Å². The third-order valence-electron chi connectivity index (χ3n) is 3.17. The molecule has 1 fully saturated rings. The van der Waals surface area contributed by atoms with Crippen LogP contribution < -0.4 is 10.6 Å². The molecule has 1 atom stereocenters. The van der Waals surface area contributed by atoms with Crippen molar-refractivity contribution >= 4 is 5.91 Å². The zero-order valence-electron chi connectivity index (χ0n) is 10.4. The minimum absolute atomic E-state index is 0.158. The largest absolute Gasteiger partial charge is 0.355 e. The van der Waals surface area contributed by atoms with E-state index in [4.69, 9.17) is 0 Å². The van der Waals surface area contributed by atoms with Crippen LogP contribution >= 0.6 is 0 Å². The van der Waals surface area contributed by atoms with Crippen LogP contribution in [-0.4, -0.2) is 25.5 Å². The Morgan fingerprint density at radius 3 is 2.94 bits per heavy atom. The van der Waals surface area contributed by atoms with Gasteiger partial charge in [0, 0.05) is 19.5 Å². The van der Waals surface area contributed by atoms with Gasteiger partial charge < -0.3 is 10.6 Å². The molecule has 1 saturated heterocycles. The number of nitrogens with one attached hydrogen (secondary N) is 2. The van der Waals surface area contributed by atoms with Crippen LogP contribution in [-0.2, 0) is 4.79 Å². The van der Waals surface area contributed by atoms with Crippen LogP contribution in [0.15, 0.2) is 0 Å². The van der Waals surface area contributed by atoms with Gasteiger partial charge >= 0.3 is 0 Å². The highest BCUT2D eigenvalue weighted by atomic mass is 16.2. The second kappa shape index (κ2) is 6.55. The van der Waals surface area contributed by atoms with Crippen molar-refractivity contribution in [3.8, 4) is 11.8 Å². The molecule has 1 aliphatic heterocycles. The fourth-order valence-electron chi connectivity index (χ4n) is 2.29. The Kier molecular flexibility index (Phi) is 5.34. The van der Waals surface area contributed by atoms with Crippen LogP contribution in [0.1, 0.15) is 39.5 Å². The SMILES string of the molecule is CC#CCCNC(=O)C1(CCC)CCNC1. The molecule has 3 nitrogen and oxygen atoms in total. The Bertz CT molecular complexity index is 282. The standard InChI is InChI=1S/C13H22N2O/c1-3-5-6-9-15-12(16)13(7-4-2)8-10-14-11-13/h14H,4,6-11H2,1-2H3,(H,15,16). The fraction of sp³-hybridized carbons (Fsp3) is 0.769. The number of amides is 1. The average Bonchev–Trinajstić information content (AvgIpc) is 2.74. The molecular weight excluding hydrogens is 200 g/mol. The van der Waals surface area contributed by atoms with E-state index in [0.29, 0.717) is 6.54 Å². The smallest absolute Gasteiger partial charge is 0.227 e. The van der Waals surface area contributed by atoms with E-state index in [2.05, 4.69) is 29.4 Å². The van der Waals surface area contributed by atoms with Gasteiger partial charge in [-0.2, -0.15) is 0 Å². The molecule has 2 N–H and O–H groups in total. The highest BCUT2D eigenvalue weighted by Gasteiger charge is 2.39. The van der Waals surface area contributed by atoms with Gasteiger partial charge in [0.1, 0.15) is 0 Å². The summed E-state index contributed by atoms with van der Waals surface area (Å²) in [6, 6.07) is 0. The van der Waals surface area contributed by atoms with E-state index in [1.165, 1.54) is 0 Å². The summed E-state index contributed by atoms with van der Waals surface area (Å²) in [7, 11) is 0. The topological polar surface area (TPSA) is 41.1 Å². The number of hydrogen-bond acceptors (Lipinski definition) is 2. The zero-order chi connectivity index (χ0) is 11.9. The molecule has 16 heavy (non-hydrogen) atoms. The van der Waals surface area contributed by atoms with Gasteiger partial charge in [0.15, 0.2) is 0 Å². The van der Waals surface area contributed by atoms with Gasteiger partial charge in [-0.3, -0.25) is 4.79 Å². The molecule has 0 radical (unpaired) electrons. The normalized spacial score (nSPS) is 23.6. The molecule has 1 rings (SSSR count). The lowest BCUT2D eigenvalue weighted by Gasteiger charge is -2.26. The summed E-state index contributed by atoms with van der Waals surface area (Å²) in [5.74, 6) is 6.00. The van der Waals surface area contributed by atoms with Crippen LogP contribution in [0.3, 0.4) is 0 Å². The first-order valence-electron chi connectivity index (χ1n) is 6.14. The molecule has 3 heteroatoms. The van der Waals surface area contributed by atoms with E-state index < -0.39 is 0 Å². The monoisotopic (exact) mass is 222 g/mol. The second-order valence-electron chi connectivity index (χ2n) is 4.39. The Labute approximate surface area is 98.4 Å². The summed E-state index contributed by atoms with van der Waals surface area (Å²) in [6.45, 7) is 6.41. The van der Waals surface area contributed by atoms with Crippen molar-refractivity contribution in [1.82, 2.24) is 10.6 Å². The number of rotatable bonds is 5. The Balaban J connectivity index is 2.44. The Morgan fingerprint density at radius 1 is 1.56 bits per heavy atom. The lowest BCUT2D eigenvalue weighted by atomic mass is 9.81. The Hall–Kier alpha value is -1.01. The van der Waals surface area contributed by atoms with Gasteiger partial charge in [0.25, 0.3) is 0 Å². The van der Waals surface area contributed by atoms with Gasteiger partial charge in [-0.25, -0.2) is 0 Å². The van der Waals surface area contributed by atoms with Gasteiger partial charge in [-0.15, -0.1) is 11.8 Å². The number of carbonyl (C=O) groups excluding carboxylic acids is 1. The van der Waals surface area contributed by atoms with Crippen LogP contribution in [0.2, 0.25) is 0 Å². The van der Waals surface area contributed by atoms with E-state index in [0.717, 1.165) is 38.8 Å². The highest BCUT2D eigenvalue weighted by molar-refractivity contribution is 5.83. The molecule has 1 aliphatic rings. The van der Waals surface area contributed by atoms with Crippen LogP contribution in [0.5, 0.6) is 0 Å². The van der Waals surface area contributed by atoms with Crippen molar-refractivity contribution in [2.45, 2.75) is 39.5 Å². The first-order valence-corrected chi connectivity index (χ1v) is 6.14. The quantitative estimate of drug-likeness (QED) is 0.544. The molecule has 0 saturated carbocycles. The van der Waals surface area contributed by atoms with Crippen molar-refractivity contribution in [1.29, 1.82) is 0 Å². The molecule has 0 spiro atoms. The summed E-state index contributed by atoms with van der Waals surface area (Å²) in [6.07, 6.45) is 3.75. The molecular formula is C13H22N2O. The lowest BCUT2D eigenvalue weighted by Crippen LogP contribution is -2.42. The molecule has 0 aromatic heterocycles. The third kappa shape index (κ3) is 3.24. The predicted molar refractivity (Wildman–Crippen MR) is 65.9 cm³/mol. The molecule has 0 bridgehead atoms. The molecule has 0 aromatic carbocycles. The summed E-state index contributed by atoms with van der Waals surface area (Å²) in [4.78, 5) is 12.1. The van der Waals surface area contributed by atoms with E-state index in [1.54, 1.807) is 0 Å². The highest BCUT2D eigenvalue weighted by Crippen LogP contribution is 2.31. The molecule has 1 amide bonds. The maximum Gasteiger partial charge on any atom is 0.227 e. The van der Waals surface area contributed by atoms with Crippen molar-refractivity contribution in [2.24, 2.45) is 5.41 Å². The average molecular weight is 222 g/mol. The second-order valence-corrected chi connectivity index (χ2v) is 4.39. The minimum atomic E-state index is -0.158. The van der Waals surface area contributed by atoms with Crippen LogP contribution in [0.25, 0.3) is 0 Å². The van der Waals surface area contributed by atoms with Crippen LogP contribution in [0.4, 0.5) is 0 Å². The van der Waals surface area contributed by atoms with Crippen molar-refractivity contribution < 1.29 is 4.79 Å². The van der Waals surface area contributed by atoms with Crippen LogP contribution in [0, 0.1) is 17.3 Å². The van der Waals surface area contributed by atoms with Gasteiger partial charge in [0.05, 0.1) is 5.41 Å². The van der Waals surface area contributed by atoms with E-state index >= 15 is 0 Å². The minimum Gasteiger partial charge on any atom is -0.355 e. The molecule has 1 unspecified atom stereocenters. The molecule has 1 heterocycles. The third-order valence-corrected chi connectivity index (χ3v) is 3.17. The maximum atomic E-state index is 12.1. The summed E-state index contributed by atoms with van der Waals surface area (Å²) >= 11 is 0. The first-order chi connectivity index (χ1) is 7.75. The van der Waals surface area contributed by atoms with Crippen molar-refractivity contribution in [2.75, 3.05) is 19.6 Å². The van der Waals surface area contributed by atoms with Gasteiger partial charge in [-0.05, 0) is 26.3 Å². The summed E-state index contributed by atoms with van der Waals surface area (Å²) < 4.78 is 0. The van der Waals surface area contributed by atoms with Crippen molar-refractivity contribution in [3.05, 3.63) is 0 Å². The summed E-state index contributed by atoms with van der Waals surface area (Å²) in [5.41, 5.74) is -0.158. The number of hydrogen-bond donors (Lipinski definition) is 2. The van der Waals surface area contributed by atoms with Gasteiger partial charge in [0.2, 0.25) is 5.91 Å². The maximum absolute atomic E-state index is 12.1. The Morgan fingerprint density at radius 2 is 2.38 bits per heavy atom. The molecule has 90 valence electrons. The predicted octanol–water partition coefficient (Wildman–Crippen LogP) is 1.30. The lowest BCUT2D eigenvalue weighted by molar-refractivity contribution is -0.130. The molecule has 0 aromatic rings. The number of carbonyl (C=O) groups is 1. The fourth-order valence-corrected chi connectivity index (χ4v) is 2.29. The van der Waals surface area contributed by atoms with E-state index in [9.17, 15) is 4.79 Å². The van der Waals surface area contributed by atoms with E-state index in [1.807, 2.05) is 6.92 Å². The van der Waals surface area contributed by atoms with Crippen molar-refractivity contribution in [3.63, 3.8) is 0 Å². The summed E-state index contributed by atoms with van der Waals surface area (Å²) in [5, 5.41) is 6.30. The van der Waals surface area contributed by atoms with Gasteiger partial charge in [-0.1, -0.05) is 13.3 Å². The first kappa shape index (κ1) is 13.1. The zero-order valence-corrected chi connectivity index (χ0v) is 10.4. The molecule has 0 aliphatic carbocycles.